The number of esters is 1. The summed E-state index contributed by atoms with van der Waals surface area (Å²) >= 11 is 0. The van der Waals surface area contributed by atoms with E-state index in [-0.39, 0.29) is 5.91 Å². The zero-order chi connectivity index (χ0) is 18.4. The summed E-state index contributed by atoms with van der Waals surface area (Å²) in [5.41, 5.74) is 2.26. The van der Waals surface area contributed by atoms with Crippen LogP contribution in [-0.2, 0) is 9.53 Å². The van der Waals surface area contributed by atoms with Crippen molar-refractivity contribution in [1.29, 1.82) is 0 Å². The predicted octanol–water partition coefficient (Wildman–Crippen LogP) is 2.91. The molecule has 0 atom stereocenters. The SMILES string of the molecule is CCC(=O)N1CCC(=Cc2cc(OC)cc(OC)c2C(=O)OC)CC1. The fourth-order valence-electron chi connectivity index (χ4n) is 2.96. The van der Waals surface area contributed by atoms with Crippen LogP contribution >= 0.6 is 0 Å². The van der Waals surface area contributed by atoms with Gasteiger partial charge < -0.3 is 19.1 Å². The molecular weight excluding hydrogens is 322 g/mol. The van der Waals surface area contributed by atoms with Gasteiger partial charge in [-0.1, -0.05) is 18.6 Å². The van der Waals surface area contributed by atoms with Crippen molar-refractivity contribution in [1.82, 2.24) is 4.90 Å². The summed E-state index contributed by atoms with van der Waals surface area (Å²) in [5.74, 6) is 0.744. The predicted molar refractivity (Wildman–Crippen MR) is 95.0 cm³/mol. The lowest BCUT2D eigenvalue weighted by Crippen LogP contribution is -2.35. The lowest BCUT2D eigenvalue weighted by Gasteiger charge is -2.28. The van der Waals surface area contributed by atoms with E-state index in [4.69, 9.17) is 14.2 Å². The topological polar surface area (TPSA) is 65.1 Å². The molecule has 136 valence electrons. The molecule has 1 aliphatic heterocycles. The van der Waals surface area contributed by atoms with Gasteiger partial charge >= 0.3 is 5.97 Å². The van der Waals surface area contributed by atoms with Crippen LogP contribution in [-0.4, -0.2) is 51.2 Å². The maximum atomic E-state index is 12.2. The quantitative estimate of drug-likeness (QED) is 0.766. The van der Waals surface area contributed by atoms with Gasteiger partial charge in [0, 0.05) is 25.6 Å². The summed E-state index contributed by atoms with van der Waals surface area (Å²) in [6.07, 6.45) is 4.07. The second-order valence-electron chi connectivity index (χ2n) is 5.82. The van der Waals surface area contributed by atoms with E-state index in [1.807, 2.05) is 17.9 Å². The molecule has 0 aliphatic carbocycles. The number of ether oxygens (including phenoxy) is 3. The Labute approximate surface area is 148 Å². The molecule has 1 aromatic rings. The molecule has 0 N–H and O–H groups in total. The Balaban J connectivity index is 2.35. The first-order chi connectivity index (χ1) is 12.0. The molecule has 0 unspecified atom stereocenters. The number of benzene rings is 1. The molecule has 1 heterocycles. The molecule has 1 fully saturated rings. The Hall–Kier alpha value is -2.50. The van der Waals surface area contributed by atoms with Crippen molar-refractivity contribution in [3.05, 3.63) is 28.8 Å². The van der Waals surface area contributed by atoms with Crippen LogP contribution in [0.2, 0.25) is 0 Å². The molecule has 0 spiro atoms. The molecule has 1 amide bonds. The fraction of sp³-hybridized carbons (Fsp3) is 0.474. The molecule has 0 bridgehead atoms. The third-order valence-corrected chi connectivity index (χ3v) is 4.37. The van der Waals surface area contributed by atoms with E-state index in [0.717, 1.165) is 12.8 Å². The van der Waals surface area contributed by atoms with E-state index in [0.29, 0.717) is 42.1 Å². The number of carbonyl (C=O) groups is 2. The van der Waals surface area contributed by atoms with Gasteiger partial charge in [0.05, 0.1) is 21.3 Å². The molecular formula is C19H25NO5. The summed E-state index contributed by atoms with van der Waals surface area (Å²) in [4.78, 5) is 25.9. The molecule has 2 rings (SSSR count). The van der Waals surface area contributed by atoms with E-state index >= 15 is 0 Å². The number of rotatable bonds is 5. The van der Waals surface area contributed by atoms with Crippen molar-refractivity contribution in [2.75, 3.05) is 34.4 Å². The highest BCUT2D eigenvalue weighted by Crippen LogP contribution is 2.32. The minimum Gasteiger partial charge on any atom is -0.497 e. The van der Waals surface area contributed by atoms with Crippen molar-refractivity contribution >= 4 is 18.0 Å². The van der Waals surface area contributed by atoms with Crippen LogP contribution in [0.3, 0.4) is 0 Å². The fourth-order valence-corrected chi connectivity index (χ4v) is 2.96. The highest BCUT2D eigenvalue weighted by molar-refractivity contribution is 5.97. The number of carbonyl (C=O) groups excluding carboxylic acids is 2. The molecule has 0 radical (unpaired) electrons. The van der Waals surface area contributed by atoms with Crippen LogP contribution in [0.25, 0.3) is 6.08 Å². The molecule has 6 nitrogen and oxygen atoms in total. The Kier molecular flexibility index (Phi) is 6.44. The van der Waals surface area contributed by atoms with Gasteiger partial charge in [-0.3, -0.25) is 4.79 Å². The summed E-state index contributed by atoms with van der Waals surface area (Å²) in [6.45, 7) is 3.28. The van der Waals surface area contributed by atoms with E-state index in [2.05, 4.69) is 0 Å². The molecule has 6 heteroatoms. The second kappa shape index (κ2) is 8.55. The third kappa shape index (κ3) is 4.32. The molecule has 1 saturated heterocycles. The number of hydrogen-bond acceptors (Lipinski definition) is 5. The second-order valence-corrected chi connectivity index (χ2v) is 5.82. The number of amides is 1. The summed E-state index contributed by atoms with van der Waals surface area (Å²) in [5, 5.41) is 0. The van der Waals surface area contributed by atoms with Crippen LogP contribution in [0.5, 0.6) is 11.5 Å². The monoisotopic (exact) mass is 347 g/mol. The lowest BCUT2D eigenvalue weighted by atomic mass is 9.97. The van der Waals surface area contributed by atoms with Gasteiger partial charge in [-0.2, -0.15) is 0 Å². The van der Waals surface area contributed by atoms with Gasteiger partial charge in [-0.25, -0.2) is 4.79 Å². The van der Waals surface area contributed by atoms with Crippen LogP contribution in [0.1, 0.15) is 42.1 Å². The summed E-state index contributed by atoms with van der Waals surface area (Å²) in [7, 11) is 4.42. The number of hydrogen-bond donors (Lipinski definition) is 0. The van der Waals surface area contributed by atoms with E-state index in [1.54, 1.807) is 19.2 Å². The van der Waals surface area contributed by atoms with E-state index in [9.17, 15) is 9.59 Å². The van der Waals surface area contributed by atoms with Gasteiger partial charge in [-0.15, -0.1) is 0 Å². The summed E-state index contributed by atoms with van der Waals surface area (Å²) < 4.78 is 15.5. The number of piperidine rings is 1. The van der Waals surface area contributed by atoms with Crippen LogP contribution in [0.4, 0.5) is 0 Å². The lowest BCUT2D eigenvalue weighted by molar-refractivity contribution is -0.131. The largest absolute Gasteiger partial charge is 0.497 e. The van der Waals surface area contributed by atoms with Crippen molar-refractivity contribution in [2.45, 2.75) is 26.2 Å². The minimum absolute atomic E-state index is 0.178. The normalized spacial score (nSPS) is 14.1. The first-order valence-electron chi connectivity index (χ1n) is 8.35. The Morgan fingerprint density at radius 3 is 2.32 bits per heavy atom. The third-order valence-electron chi connectivity index (χ3n) is 4.37. The van der Waals surface area contributed by atoms with Gasteiger partial charge in [0.1, 0.15) is 17.1 Å². The highest BCUT2D eigenvalue weighted by atomic mass is 16.5. The zero-order valence-corrected chi connectivity index (χ0v) is 15.3. The van der Waals surface area contributed by atoms with E-state index in [1.165, 1.54) is 19.8 Å². The zero-order valence-electron chi connectivity index (χ0n) is 15.3. The smallest absolute Gasteiger partial charge is 0.342 e. The average molecular weight is 347 g/mol. The van der Waals surface area contributed by atoms with Gasteiger partial charge in [0.15, 0.2) is 0 Å². The van der Waals surface area contributed by atoms with Crippen LogP contribution in [0, 0.1) is 0 Å². The van der Waals surface area contributed by atoms with E-state index < -0.39 is 5.97 Å². The standard InChI is InChI=1S/C19H25NO5/c1-5-17(21)20-8-6-13(7-9-20)10-14-11-15(23-2)12-16(24-3)18(14)19(22)25-4/h10-12H,5-9H2,1-4H3. The van der Waals surface area contributed by atoms with Crippen molar-refractivity contribution in [3.63, 3.8) is 0 Å². The Morgan fingerprint density at radius 2 is 1.80 bits per heavy atom. The molecule has 0 saturated carbocycles. The first kappa shape index (κ1) is 18.8. The number of methoxy groups -OCH3 is 3. The van der Waals surface area contributed by atoms with Crippen molar-refractivity contribution in [2.24, 2.45) is 0 Å². The number of nitrogens with zero attached hydrogens (tertiary/aromatic N) is 1. The molecule has 1 aromatic carbocycles. The van der Waals surface area contributed by atoms with Gasteiger partial charge in [0.2, 0.25) is 5.91 Å². The molecule has 1 aliphatic rings. The summed E-state index contributed by atoms with van der Waals surface area (Å²) in [6, 6.07) is 3.46. The first-order valence-corrected chi connectivity index (χ1v) is 8.35. The van der Waals surface area contributed by atoms with Crippen molar-refractivity contribution in [3.8, 4) is 11.5 Å². The minimum atomic E-state index is -0.454. The maximum Gasteiger partial charge on any atom is 0.342 e. The molecule has 0 aromatic heterocycles. The van der Waals surface area contributed by atoms with Gasteiger partial charge in [0.25, 0.3) is 0 Å². The van der Waals surface area contributed by atoms with Crippen LogP contribution in [0.15, 0.2) is 17.7 Å². The maximum absolute atomic E-state index is 12.2. The van der Waals surface area contributed by atoms with Gasteiger partial charge in [-0.05, 0) is 24.5 Å². The van der Waals surface area contributed by atoms with Crippen molar-refractivity contribution < 1.29 is 23.8 Å². The average Bonchev–Trinajstić information content (AvgIpc) is 2.66. The molecule has 25 heavy (non-hydrogen) atoms. The Bertz CT molecular complexity index is 671. The Morgan fingerprint density at radius 1 is 1.12 bits per heavy atom. The highest BCUT2D eigenvalue weighted by Gasteiger charge is 2.21. The number of likely N-dealkylation sites (tertiary alicyclic amines) is 1. The van der Waals surface area contributed by atoms with Crippen LogP contribution < -0.4 is 9.47 Å².